The van der Waals surface area contributed by atoms with Crippen LogP contribution in [0.2, 0.25) is 0 Å². The smallest absolute Gasteiger partial charge is 0.343 e. The van der Waals surface area contributed by atoms with Gasteiger partial charge in [-0.25, -0.2) is 0 Å². The van der Waals surface area contributed by atoms with E-state index in [0.717, 1.165) is 51.9 Å². The summed E-state index contributed by atoms with van der Waals surface area (Å²) in [6, 6.07) is 0. The molecule has 0 amide bonds. The minimum atomic E-state index is 0. The van der Waals surface area contributed by atoms with E-state index >= 15 is 0 Å². The zero-order valence-electron chi connectivity index (χ0n) is 34.7. The summed E-state index contributed by atoms with van der Waals surface area (Å²) in [4.78, 5) is 8.72. The van der Waals surface area contributed by atoms with Crippen molar-refractivity contribution in [3.63, 3.8) is 0 Å². The van der Waals surface area contributed by atoms with Crippen molar-refractivity contribution in [2.45, 2.75) is 109 Å². The summed E-state index contributed by atoms with van der Waals surface area (Å²) in [5, 5.41) is 0. The molecule has 0 saturated carbocycles. The molecule has 0 N–H and O–H groups in total. The van der Waals surface area contributed by atoms with Gasteiger partial charge in [0.25, 0.3) is 0 Å². The van der Waals surface area contributed by atoms with Crippen LogP contribution in [0.3, 0.4) is 0 Å². The van der Waals surface area contributed by atoms with Gasteiger partial charge in [-0.05, 0) is 56.4 Å². The largest absolute Gasteiger partial charge is 2.00 e. The predicted molar refractivity (Wildman–Crippen MR) is 192 cm³/mol. The van der Waals surface area contributed by atoms with E-state index in [0.29, 0.717) is 21.7 Å². The first-order chi connectivity index (χ1) is 17.5. The molecule has 0 heterocycles. The summed E-state index contributed by atoms with van der Waals surface area (Å²) in [7, 11) is 16.7. The first-order valence-corrected chi connectivity index (χ1v) is 15.3. The quantitative estimate of drug-likeness (QED) is 0.326. The molecule has 0 aromatic heterocycles. The third-order valence-electron chi connectivity index (χ3n) is 4.99. The summed E-state index contributed by atoms with van der Waals surface area (Å²) in [5.41, 5.74) is 1.72. The van der Waals surface area contributed by atoms with Crippen molar-refractivity contribution in [3.05, 3.63) is 27.7 Å². The van der Waals surface area contributed by atoms with Gasteiger partial charge in [0.05, 0.1) is 0 Å². The van der Waals surface area contributed by atoms with Crippen LogP contribution in [0.4, 0.5) is 0 Å². The van der Waals surface area contributed by atoms with E-state index in [9.17, 15) is 0 Å². The average Bonchev–Trinajstić information content (AvgIpc) is 2.76. The molecule has 0 rings (SSSR count). The summed E-state index contributed by atoms with van der Waals surface area (Å²) in [5.74, 6) is 0. The molecule has 4 nitrogen and oxygen atoms in total. The van der Waals surface area contributed by atoms with Gasteiger partial charge in [-0.2, -0.15) is 25.7 Å². The maximum atomic E-state index is 3.76. The molecule has 0 saturated heterocycles. The first kappa shape index (κ1) is 66.9. The van der Waals surface area contributed by atoms with Crippen LogP contribution in [0.1, 0.15) is 109 Å². The van der Waals surface area contributed by atoms with Gasteiger partial charge in [0.2, 0.25) is 0 Å². The Bertz CT molecular complexity index is 384. The van der Waals surface area contributed by atoms with Gasteiger partial charge in [-0.3, -0.25) is 0 Å². The maximum Gasteiger partial charge on any atom is 2.00 e. The Morgan fingerprint density at radius 2 is 0.395 bits per heavy atom. The van der Waals surface area contributed by atoms with Gasteiger partial charge in [0.15, 0.2) is 0 Å². The van der Waals surface area contributed by atoms with Crippen LogP contribution in [-0.4, -0.2) is 102 Å². The van der Waals surface area contributed by atoms with Gasteiger partial charge in [-0.15, -0.1) is 0 Å². The average molecular weight is 642 g/mol. The topological polar surface area (TPSA) is 13.0 Å². The van der Waals surface area contributed by atoms with Crippen LogP contribution in [-0.2, 0) is 17.1 Å². The Balaban J connectivity index is -0.0000000457. The van der Waals surface area contributed by atoms with E-state index in [4.69, 9.17) is 0 Å². The normalized spacial score (nSPS) is 10.9. The Hall–Kier alpha value is 1.55. The summed E-state index contributed by atoms with van der Waals surface area (Å²) >= 11 is 0. The first-order valence-electron chi connectivity index (χ1n) is 15.3. The molecule has 0 fully saturated rings. The molecular formula is C36H84Li2MnN4. The summed E-state index contributed by atoms with van der Waals surface area (Å²) < 4.78 is 0. The van der Waals surface area contributed by atoms with E-state index in [1.807, 2.05) is 0 Å². The van der Waals surface area contributed by atoms with Crippen molar-refractivity contribution < 1.29 is 54.8 Å². The molecule has 0 aliphatic rings. The second kappa shape index (κ2) is 38.0. The summed E-state index contributed by atoms with van der Waals surface area (Å²) in [6.45, 7) is 45.8. The standard InChI is InChI=1S/2C6H16N2.4C6H13.2Li.Mn/c2*1-7(2)5-6-8(3)4;4*1-5-6(2,3)4;;;/h2*5-6H2,1-4H3;4*1,5H2,2-4H3;;;/q;;4*-1;2*+1;+2. The predicted octanol–water partition coefficient (Wildman–Crippen LogP) is 3.25. The Labute approximate surface area is 313 Å². The second-order valence-corrected chi connectivity index (χ2v) is 16.5. The molecule has 257 valence electrons. The second-order valence-electron chi connectivity index (χ2n) is 16.5. The van der Waals surface area contributed by atoms with E-state index < -0.39 is 0 Å². The molecule has 0 unspecified atom stereocenters. The van der Waals surface area contributed by atoms with Crippen LogP contribution in [0, 0.1) is 49.4 Å². The Kier molecular flexibility index (Phi) is 59.1. The van der Waals surface area contributed by atoms with Crippen LogP contribution < -0.4 is 37.7 Å². The van der Waals surface area contributed by atoms with Gasteiger partial charge in [-0.1, -0.05) is 105 Å². The molecule has 0 aromatic rings. The number of rotatable bonds is 6. The third kappa shape index (κ3) is 136. The fourth-order valence-electron chi connectivity index (χ4n) is 0.800. The molecule has 0 spiro atoms. The van der Waals surface area contributed by atoms with Gasteiger partial charge in [0.1, 0.15) is 0 Å². The van der Waals surface area contributed by atoms with Crippen molar-refractivity contribution >= 4 is 0 Å². The molecule has 0 atom stereocenters. The molecule has 7 heteroatoms. The van der Waals surface area contributed by atoms with E-state index in [-0.39, 0.29) is 54.8 Å². The number of hydrogen-bond acceptors (Lipinski definition) is 4. The van der Waals surface area contributed by atoms with Crippen LogP contribution in [0.5, 0.6) is 0 Å². The van der Waals surface area contributed by atoms with Crippen molar-refractivity contribution in [2.75, 3.05) is 82.6 Å². The van der Waals surface area contributed by atoms with Gasteiger partial charge >= 0.3 is 54.8 Å². The number of nitrogens with zero attached hydrogens (tertiary/aromatic N) is 4. The van der Waals surface area contributed by atoms with Crippen LogP contribution >= 0.6 is 0 Å². The Morgan fingerprint density at radius 1 is 0.326 bits per heavy atom. The number of hydrogen-bond donors (Lipinski definition) is 0. The molecular weight excluding hydrogens is 557 g/mol. The zero-order valence-corrected chi connectivity index (χ0v) is 35.8. The van der Waals surface area contributed by atoms with Gasteiger partial charge in [0, 0.05) is 26.2 Å². The minimum absolute atomic E-state index is 0. The van der Waals surface area contributed by atoms with Crippen molar-refractivity contribution in [3.8, 4) is 0 Å². The SMILES string of the molecule is CN(C)CCN(C)C.CN(C)CCN(C)C.[CH2-]CC(C)(C)C.[CH2-]CC(C)(C)C.[CH2-]CC(C)(C)C.[CH2-]CC(C)(C)C.[Li+].[Li+].[Mn+2]. The van der Waals surface area contributed by atoms with Gasteiger partial charge < -0.3 is 47.3 Å². The monoisotopic (exact) mass is 642 g/mol. The van der Waals surface area contributed by atoms with Crippen molar-refractivity contribution in [2.24, 2.45) is 21.7 Å². The molecule has 43 heavy (non-hydrogen) atoms. The van der Waals surface area contributed by atoms with E-state index in [2.05, 4.69) is 187 Å². The van der Waals surface area contributed by atoms with E-state index in [1.165, 1.54) is 0 Å². The fraction of sp³-hybridized carbons (Fsp3) is 0.889. The van der Waals surface area contributed by atoms with E-state index in [1.54, 1.807) is 0 Å². The fourth-order valence-corrected chi connectivity index (χ4v) is 0.800. The van der Waals surface area contributed by atoms with Crippen LogP contribution in [0.25, 0.3) is 0 Å². The van der Waals surface area contributed by atoms with Crippen molar-refractivity contribution in [1.82, 2.24) is 19.6 Å². The maximum absolute atomic E-state index is 3.76. The minimum Gasteiger partial charge on any atom is -0.343 e. The molecule has 0 aliphatic carbocycles. The summed E-state index contributed by atoms with van der Waals surface area (Å²) in [6.07, 6.45) is 4.08. The third-order valence-corrected chi connectivity index (χ3v) is 4.99. The molecule has 1 radical (unpaired) electrons. The molecule has 0 aromatic carbocycles. The molecule has 0 aliphatic heterocycles. The van der Waals surface area contributed by atoms with Crippen molar-refractivity contribution in [1.29, 1.82) is 0 Å². The number of likely N-dealkylation sites (N-methyl/N-ethyl adjacent to an activating group) is 4. The zero-order chi connectivity index (χ0) is 34.0. The molecule has 0 bridgehead atoms. The van der Waals surface area contributed by atoms with Crippen LogP contribution in [0.15, 0.2) is 0 Å². The Morgan fingerprint density at radius 3 is 0.419 bits per heavy atom.